The third-order valence-corrected chi connectivity index (χ3v) is 3.68. The van der Waals surface area contributed by atoms with Gasteiger partial charge in [0.25, 0.3) is 0 Å². The Balaban J connectivity index is 2.37. The molecule has 1 N–H and O–H groups in total. The van der Waals surface area contributed by atoms with Crippen LogP contribution in [0, 0.1) is 32.4 Å². The van der Waals surface area contributed by atoms with Crippen LogP contribution in [0.25, 0.3) is 0 Å². The van der Waals surface area contributed by atoms with Crippen LogP contribution < -0.4 is 5.32 Å². The van der Waals surface area contributed by atoms with Crippen LogP contribution in [0.4, 0.5) is 14.5 Å². The second kappa shape index (κ2) is 5.98. The fraction of sp³-hybridized carbons (Fsp3) is 0.312. The highest BCUT2D eigenvalue weighted by Crippen LogP contribution is 2.31. The molecule has 2 nitrogen and oxygen atoms in total. The van der Waals surface area contributed by atoms with E-state index in [4.69, 9.17) is 11.6 Å². The number of nitrogens with one attached hydrogen (secondary N) is 1. The largest absolute Gasteiger partial charge is 0.375 e. The number of aryl methyl sites for hydroxylation is 3. The molecule has 1 aromatic heterocycles. The highest BCUT2D eigenvalue weighted by atomic mass is 35.5. The molecule has 1 heterocycles. The van der Waals surface area contributed by atoms with Gasteiger partial charge in [0.1, 0.15) is 5.82 Å². The average molecular weight is 311 g/mol. The van der Waals surface area contributed by atoms with Gasteiger partial charge in [-0.1, -0.05) is 11.6 Å². The summed E-state index contributed by atoms with van der Waals surface area (Å²) >= 11 is 5.91. The molecule has 1 atom stereocenters. The lowest BCUT2D eigenvalue weighted by Crippen LogP contribution is -2.13. The molecule has 2 rings (SSSR count). The van der Waals surface area contributed by atoms with Crippen molar-refractivity contribution >= 4 is 17.3 Å². The van der Waals surface area contributed by atoms with Crippen molar-refractivity contribution in [1.82, 2.24) is 4.98 Å². The van der Waals surface area contributed by atoms with E-state index in [0.29, 0.717) is 0 Å². The van der Waals surface area contributed by atoms with Crippen LogP contribution in [0.15, 0.2) is 18.2 Å². The first kappa shape index (κ1) is 15.7. The van der Waals surface area contributed by atoms with Gasteiger partial charge in [-0.2, -0.15) is 0 Å². The zero-order valence-corrected chi connectivity index (χ0v) is 13.1. The molecule has 0 spiro atoms. The van der Waals surface area contributed by atoms with Gasteiger partial charge in [0, 0.05) is 17.5 Å². The quantitative estimate of drug-likeness (QED) is 0.852. The van der Waals surface area contributed by atoms with Gasteiger partial charge in [-0.25, -0.2) is 8.78 Å². The molecule has 0 radical (unpaired) electrons. The normalized spacial score (nSPS) is 12.3. The fourth-order valence-corrected chi connectivity index (χ4v) is 2.91. The van der Waals surface area contributed by atoms with Crippen molar-refractivity contribution in [2.24, 2.45) is 0 Å². The van der Waals surface area contributed by atoms with Crippen LogP contribution in [-0.2, 0) is 0 Å². The van der Waals surface area contributed by atoms with E-state index in [1.54, 1.807) is 0 Å². The smallest absolute Gasteiger partial charge is 0.150 e. The van der Waals surface area contributed by atoms with E-state index in [2.05, 4.69) is 10.3 Å². The van der Waals surface area contributed by atoms with E-state index in [-0.39, 0.29) is 16.8 Å². The second-order valence-electron chi connectivity index (χ2n) is 5.19. The van der Waals surface area contributed by atoms with Crippen LogP contribution in [0.3, 0.4) is 0 Å². The van der Waals surface area contributed by atoms with Crippen molar-refractivity contribution in [3.63, 3.8) is 0 Å². The number of aromatic nitrogens is 1. The molecule has 0 aliphatic rings. The molecule has 1 unspecified atom stereocenters. The monoisotopic (exact) mass is 310 g/mol. The van der Waals surface area contributed by atoms with E-state index < -0.39 is 11.6 Å². The topological polar surface area (TPSA) is 24.9 Å². The SMILES string of the molecule is Cc1cc(C)c(C(C)Nc2c(F)cc(F)cc2Cl)c(C)n1. The second-order valence-corrected chi connectivity index (χ2v) is 5.60. The van der Waals surface area contributed by atoms with Crippen LogP contribution in [0.1, 0.15) is 35.5 Å². The van der Waals surface area contributed by atoms with Crippen molar-refractivity contribution < 1.29 is 8.78 Å². The molecule has 0 fully saturated rings. The Morgan fingerprint density at radius 3 is 2.38 bits per heavy atom. The predicted molar refractivity (Wildman–Crippen MR) is 81.9 cm³/mol. The number of hydrogen-bond acceptors (Lipinski definition) is 2. The van der Waals surface area contributed by atoms with Gasteiger partial charge in [0.15, 0.2) is 5.82 Å². The lowest BCUT2D eigenvalue weighted by atomic mass is 10.00. The molecule has 0 amide bonds. The van der Waals surface area contributed by atoms with Crippen LogP contribution in [0.5, 0.6) is 0 Å². The van der Waals surface area contributed by atoms with E-state index in [0.717, 1.165) is 34.6 Å². The van der Waals surface area contributed by atoms with E-state index in [1.165, 1.54) is 0 Å². The molecule has 112 valence electrons. The molecular weight excluding hydrogens is 294 g/mol. The first-order valence-corrected chi connectivity index (χ1v) is 7.03. The Labute approximate surface area is 128 Å². The number of halogens is 3. The third-order valence-electron chi connectivity index (χ3n) is 3.38. The summed E-state index contributed by atoms with van der Waals surface area (Å²) in [5.41, 5.74) is 3.97. The lowest BCUT2D eigenvalue weighted by molar-refractivity contribution is 0.583. The number of rotatable bonds is 3. The zero-order chi connectivity index (χ0) is 15.7. The summed E-state index contributed by atoms with van der Waals surface area (Å²) in [6.45, 7) is 7.72. The molecule has 5 heteroatoms. The van der Waals surface area contributed by atoms with Gasteiger partial charge < -0.3 is 5.32 Å². The van der Waals surface area contributed by atoms with Crippen molar-refractivity contribution in [2.45, 2.75) is 33.7 Å². The highest BCUT2D eigenvalue weighted by molar-refractivity contribution is 6.33. The van der Waals surface area contributed by atoms with Crippen molar-refractivity contribution in [2.75, 3.05) is 5.32 Å². The molecule has 21 heavy (non-hydrogen) atoms. The molecule has 0 saturated carbocycles. The summed E-state index contributed by atoms with van der Waals surface area (Å²) in [7, 11) is 0. The Hall–Kier alpha value is -1.68. The number of nitrogens with zero attached hydrogens (tertiary/aromatic N) is 1. The van der Waals surface area contributed by atoms with E-state index in [9.17, 15) is 8.78 Å². The Morgan fingerprint density at radius 1 is 1.14 bits per heavy atom. The molecule has 0 aliphatic heterocycles. The van der Waals surface area contributed by atoms with Gasteiger partial charge in [0.05, 0.1) is 16.8 Å². The molecule has 2 aromatic rings. The van der Waals surface area contributed by atoms with Crippen molar-refractivity contribution in [1.29, 1.82) is 0 Å². The third kappa shape index (κ3) is 3.32. The van der Waals surface area contributed by atoms with E-state index >= 15 is 0 Å². The summed E-state index contributed by atoms with van der Waals surface area (Å²) < 4.78 is 26.9. The standard InChI is InChI=1S/C16H17ClF2N2/c1-8-5-9(2)20-10(3)15(8)11(4)21-16-13(17)6-12(18)7-14(16)19/h5-7,11,21H,1-4H3. The van der Waals surface area contributed by atoms with Crippen LogP contribution in [-0.4, -0.2) is 4.98 Å². The zero-order valence-electron chi connectivity index (χ0n) is 12.4. The fourth-order valence-electron chi connectivity index (χ4n) is 2.66. The van der Waals surface area contributed by atoms with E-state index in [1.807, 2.05) is 33.8 Å². The maximum Gasteiger partial charge on any atom is 0.150 e. The minimum Gasteiger partial charge on any atom is -0.375 e. The average Bonchev–Trinajstić information content (AvgIpc) is 2.32. The van der Waals surface area contributed by atoms with Gasteiger partial charge in [-0.05, 0) is 51.0 Å². The van der Waals surface area contributed by atoms with Gasteiger partial charge >= 0.3 is 0 Å². The van der Waals surface area contributed by atoms with Crippen molar-refractivity contribution in [3.8, 4) is 0 Å². The highest BCUT2D eigenvalue weighted by Gasteiger charge is 2.17. The maximum atomic E-state index is 13.9. The van der Waals surface area contributed by atoms with Crippen LogP contribution in [0.2, 0.25) is 5.02 Å². The van der Waals surface area contributed by atoms with Gasteiger partial charge in [-0.3, -0.25) is 4.98 Å². The molecular formula is C16H17ClF2N2. The van der Waals surface area contributed by atoms with Crippen LogP contribution >= 0.6 is 11.6 Å². The minimum atomic E-state index is -0.706. The Kier molecular flexibility index (Phi) is 4.47. The molecule has 0 saturated heterocycles. The lowest BCUT2D eigenvalue weighted by Gasteiger charge is -2.21. The first-order valence-electron chi connectivity index (χ1n) is 6.65. The summed E-state index contributed by atoms with van der Waals surface area (Å²) in [5.74, 6) is -1.40. The first-order chi connectivity index (χ1) is 9.79. The maximum absolute atomic E-state index is 13.9. The molecule has 0 bridgehead atoms. The number of hydrogen-bond donors (Lipinski definition) is 1. The van der Waals surface area contributed by atoms with Gasteiger partial charge in [-0.15, -0.1) is 0 Å². The Morgan fingerprint density at radius 2 is 1.81 bits per heavy atom. The number of anilines is 1. The number of benzene rings is 1. The van der Waals surface area contributed by atoms with Gasteiger partial charge in [0.2, 0.25) is 0 Å². The summed E-state index contributed by atoms with van der Waals surface area (Å²) in [6.07, 6.45) is 0. The predicted octanol–water partition coefficient (Wildman–Crippen LogP) is 5.11. The Bertz CT molecular complexity index is 640. The summed E-state index contributed by atoms with van der Waals surface area (Å²) in [4.78, 5) is 4.43. The molecule has 1 aromatic carbocycles. The number of pyridine rings is 1. The summed E-state index contributed by atoms with van der Waals surface area (Å²) in [5, 5.41) is 3.03. The van der Waals surface area contributed by atoms with Crippen molar-refractivity contribution in [3.05, 3.63) is 57.4 Å². The summed E-state index contributed by atoms with van der Waals surface area (Å²) in [6, 6.07) is 3.68. The molecule has 0 aliphatic carbocycles. The minimum absolute atomic E-state index is 0.0229.